The molecule has 2 rings (SSSR count). The first-order valence-corrected chi connectivity index (χ1v) is 10.7. The van der Waals surface area contributed by atoms with Crippen LogP contribution in [0.3, 0.4) is 0 Å². The van der Waals surface area contributed by atoms with E-state index in [-0.39, 0.29) is 39.1 Å². The molecule has 0 saturated carbocycles. The fourth-order valence-corrected chi connectivity index (χ4v) is 4.13. The van der Waals surface area contributed by atoms with Gasteiger partial charge in [0.2, 0.25) is 0 Å². The van der Waals surface area contributed by atoms with Gasteiger partial charge in [-0.05, 0) is 29.8 Å². The van der Waals surface area contributed by atoms with Crippen molar-refractivity contribution in [1.82, 2.24) is 0 Å². The van der Waals surface area contributed by atoms with Gasteiger partial charge in [0.05, 0.1) is 46.8 Å². The Hall–Kier alpha value is -3.93. The van der Waals surface area contributed by atoms with E-state index in [9.17, 15) is 18.0 Å². The summed E-state index contributed by atoms with van der Waals surface area (Å²) in [6.07, 6.45) is 2.46. The predicted molar refractivity (Wildman–Crippen MR) is 119 cm³/mol. The molecule has 0 aliphatic carbocycles. The molecule has 0 unspecified atom stereocenters. The van der Waals surface area contributed by atoms with E-state index in [1.165, 1.54) is 65.9 Å². The first-order valence-electron chi connectivity index (χ1n) is 9.22. The van der Waals surface area contributed by atoms with E-state index in [2.05, 4.69) is 9.46 Å². The third-order valence-corrected chi connectivity index (χ3v) is 5.77. The molecule has 0 spiro atoms. The van der Waals surface area contributed by atoms with Gasteiger partial charge in [0, 0.05) is 12.1 Å². The van der Waals surface area contributed by atoms with Crippen LogP contribution < -0.4 is 29.4 Å². The van der Waals surface area contributed by atoms with Gasteiger partial charge in [0.15, 0.2) is 23.0 Å². The minimum absolute atomic E-state index is 0.0901. The van der Waals surface area contributed by atoms with E-state index < -0.39 is 21.9 Å². The zero-order valence-corrected chi connectivity index (χ0v) is 19.4. The summed E-state index contributed by atoms with van der Waals surface area (Å²) < 4.78 is 54.4. The number of benzene rings is 2. The second-order valence-corrected chi connectivity index (χ2v) is 7.98. The van der Waals surface area contributed by atoms with E-state index >= 15 is 0 Å². The second kappa shape index (κ2) is 10.6. The van der Waals surface area contributed by atoms with E-state index in [0.717, 1.165) is 6.08 Å². The Labute approximate surface area is 191 Å². The van der Waals surface area contributed by atoms with Crippen molar-refractivity contribution in [3.8, 4) is 23.0 Å². The Balaban J connectivity index is 2.68. The summed E-state index contributed by atoms with van der Waals surface area (Å²) >= 11 is 0. The number of rotatable bonds is 10. The van der Waals surface area contributed by atoms with E-state index in [1.807, 2.05) is 0 Å². The van der Waals surface area contributed by atoms with Crippen molar-refractivity contribution in [3.63, 3.8) is 0 Å². The van der Waals surface area contributed by atoms with Crippen LogP contribution >= 0.6 is 0 Å². The molecule has 0 radical (unpaired) electrons. The van der Waals surface area contributed by atoms with Gasteiger partial charge in [-0.25, -0.2) is 13.2 Å². The highest BCUT2D eigenvalue weighted by molar-refractivity contribution is 7.92. The Bertz CT molecular complexity index is 1190. The Morgan fingerprint density at radius 3 is 2.00 bits per heavy atom. The van der Waals surface area contributed by atoms with Gasteiger partial charge in [-0.15, -0.1) is 0 Å². The maximum Gasteiger partial charge on any atom is 0.330 e. The third-order valence-electron chi connectivity index (χ3n) is 4.40. The Morgan fingerprint density at radius 1 is 0.879 bits per heavy atom. The smallest absolute Gasteiger partial charge is 0.330 e. The van der Waals surface area contributed by atoms with Crippen molar-refractivity contribution in [2.75, 3.05) is 40.3 Å². The zero-order chi connectivity index (χ0) is 24.8. The summed E-state index contributed by atoms with van der Waals surface area (Å²) in [6.45, 7) is 0. The van der Waals surface area contributed by atoms with E-state index in [0.29, 0.717) is 5.56 Å². The topological polar surface area (TPSA) is 152 Å². The van der Waals surface area contributed by atoms with Crippen LogP contribution in [0.25, 0.3) is 6.08 Å². The normalized spacial score (nSPS) is 11.1. The summed E-state index contributed by atoms with van der Waals surface area (Å²) in [6, 6.07) is 5.25. The van der Waals surface area contributed by atoms with Gasteiger partial charge in [-0.3, -0.25) is 9.52 Å². The van der Waals surface area contributed by atoms with Crippen molar-refractivity contribution in [1.29, 1.82) is 0 Å². The largest absolute Gasteiger partial charge is 0.493 e. The number of sulfonamides is 1. The number of nitrogens with two attached hydrogens (primary N) is 1. The molecule has 1 amide bonds. The van der Waals surface area contributed by atoms with Gasteiger partial charge in [0.1, 0.15) is 4.90 Å². The average molecular weight is 480 g/mol. The number of carbonyl (C=O) groups excluding carboxylic acids is 2. The number of methoxy groups -OCH3 is 5. The lowest BCUT2D eigenvalue weighted by atomic mass is 10.1. The number of ether oxygens (including phenoxy) is 5. The molecule has 3 N–H and O–H groups in total. The molecule has 0 aromatic heterocycles. The summed E-state index contributed by atoms with van der Waals surface area (Å²) in [5.74, 6) is -1.19. The molecule has 0 fully saturated rings. The number of primary amides is 1. The third kappa shape index (κ3) is 5.66. The molecule has 33 heavy (non-hydrogen) atoms. The molecule has 2 aromatic carbocycles. The maximum absolute atomic E-state index is 13.3. The first-order chi connectivity index (χ1) is 15.6. The van der Waals surface area contributed by atoms with Crippen molar-refractivity contribution >= 4 is 33.7 Å². The van der Waals surface area contributed by atoms with E-state index in [4.69, 9.17) is 24.7 Å². The first kappa shape index (κ1) is 25.3. The van der Waals surface area contributed by atoms with Crippen LogP contribution in [0.1, 0.15) is 15.9 Å². The lowest BCUT2D eigenvalue weighted by Crippen LogP contribution is -2.20. The molecule has 12 heteroatoms. The van der Waals surface area contributed by atoms with Gasteiger partial charge in [-0.1, -0.05) is 0 Å². The lowest BCUT2D eigenvalue weighted by molar-refractivity contribution is -0.134. The predicted octanol–water partition coefficient (Wildman–Crippen LogP) is 1.81. The molecular formula is C21H24N2O9S. The highest BCUT2D eigenvalue weighted by Crippen LogP contribution is 2.39. The number of hydrogen-bond donors (Lipinski definition) is 2. The summed E-state index contributed by atoms with van der Waals surface area (Å²) in [7, 11) is 2.15. The number of carbonyl (C=O) groups is 2. The number of nitrogens with one attached hydrogen (secondary N) is 1. The fourth-order valence-electron chi connectivity index (χ4n) is 2.84. The van der Waals surface area contributed by atoms with Crippen LogP contribution in [0, 0.1) is 0 Å². The summed E-state index contributed by atoms with van der Waals surface area (Å²) in [5.41, 5.74) is 5.44. The number of anilines is 1. The van der Waals surface area contributed by atoms with Crippen LogP contribution in [0.5, 0.6) is 23.0 Å². The minimum atomic E-state index is -4.37. The Morgan fingerprint density at radius 2 is 1.48 bits per heavy atom. The Kier molecular flexibility index (Phi) is 8.13. The number of hydrogen-bond acceptors (Lipinski definition) is 9. The van der Waals surface area contributed by atoms with Crippen LogP contribution in [-0.4, -0.2) is 55.8 Å². The highest BCUT2D eigenvalue weighted by Gasteiger charge is 2.26. The summed E-state index contributed by atoms with van der Waals surface area (Å²) in [4.78, 5) is 23.1. The SMILES string of the molecule is COC(=O)/C=C/c1cc(OC)c(OC)c(S(=O)(=O)Nc2cc(OC)c(OC)cc2C(N)=O)c1. The van der Waals surface area contributed by atoms with E-state index in [1.54, 1.807) is 0 Å². The molecule has 0 bridgehead atoms. The van der Waals surface area contributed by atoms with Crippen molar-refractivity contribution in [3.05, 3.63) is 41.5 Å². The molecule has 0 saturated heterocycles. The van der Waals surface area contributed by atoms with Crippen LogP contribution in [0.2, 0.25) is 0 Å². The van der Waals surface area contributed by atoms with Crippen molar-refractivity contribution in [2.24, 2.45) is 5.73 Å². The maximum atomic E-state index is 13.3. The minimum Gasteiger partial charge on any atom is -0.493 e. The molecule has 0 heterocycles. The molecule has 178 valence electrons. The standard InChI is InChI=1S/C21H24N2O9S/c1-28-15-10-13(21(22)25)14(11-16(15)29-2)23-33(26,27)18-9-12(6-7-19(24)31-4)8-17(30-3)20(18)32-5/h6-11,23H,1-5H3,(H2,22,25)/b7-6+. The van der Waals surface area contributed by atoms with Gasteiger partial charge in [-0.2, -0.15) is 0 Å². The van der Waals surface area contributed by atoms with Gasteiger partial charge >= 0.3 is 5.97 Å². The lowest BCUT2D eigenvalue weighted by Gasteiger charge is -2.18. The fraction of sp³-hybridized carbons (Fsp3) is 0.238. The van der Waals surface area contributed by atoms with Gasteiger partial charge in [0.25, 0.3) is 15.9 Å². The monoisotopic (exact) mass is 480 g/mol. The molecule has 2 aromatic rings. The average Bonchev–Trinajstić information content (AvgIpc) is 2.80. The van der Waals surface area contributed by atoms with Crippen LogP contribution in [0.15, 0.2) is 35.2 Å². The molecule has 0 aliphatic heterocycles. The highest BCUT2D eigenvalue weighted by atomic mass is 32.2. The summed E-state index contributed by atoms with van der Waals surface area (Å²) in [5, 5.41) is 0. The number of amides is 1. The molecule has 11 nitrogen and oxygen atoms in total. The molecule has 0 atom stereocenters. The molecular weight excluding hydrogens is 456 g/mol. The second-order valence-electron chi connectivity index (χ2n) is 6.33. The van der Waals surface area contributed by atoms with Crippen molar-refractivity contribution in [2.45, 2.75) is 4.90 Å². The number of esters is 1. The van der Waals surface area contributed by atoms with Gasteiger partial charge < -0.3 is 29.4 Å². The zero-order valence-electron chi connectivity index (χ0n) is 18.6. The molecule has 0 aliphatic rings. The van der Waals surface area contributed by atoms with Crippen LogP contribution in [0.4, 0.5) is 5.69 Å². The van der Waals surface area contributed by atoms with Crippen molar-refractivity contribution < 1.29 is 41.7 Å². The van der Waals surface area contributed by atoms with Crippen LogP contribution in [-0.2, 0) is 19.6 Å². The quantitative estimate of drug-likeness (QED) is 0.383.